The Morgan fingerprint density at radius 1 is 1.00 bits per heavy atom. The van der Waals surface area contributed by atoms with Crippen LogP contribution in [-0.4, -0.2) is 63.1 Å². The lowest BCUT2D eigenvalue weighted by atomic mass is 10.0. The maximum absolute atomic E-state index is 13.2. The average molecular weight is 685 g/mol. The van der Waals surface area contributed by atoms with Gasteiger partial charge in [-0.2, -0.15) is 22.0 Å². The van der Waals surface area contributed by atoms with Crippen molar-refractivity contribution in [3.8, 4) is 5.75 Å². The average Bonchev–Trinajstić information content (AvgIpc) is 3.44. The lowest BCUT2D eigenvalue weighted by Crippen LogP contribution is -2.34. The number of hydrogen-bond acceptors (Lipinski definition) is 7. The Balaban J connectivity index is 1.47. The van der Waals surface area contributed by atoms with E-state index in [9.17, 15) is 45.1 Å². The van der Waals surface area contributed by atoms with Crippen molar-refractivity contribution in [2.75, 3.05) is 23.8 Å². The number of nitrogens with one attached hydrogen (secondary N) is 1. The molecule has 0 bridgehead atoms. The molecule has 1 heterocycles. The van der Waals surface area contributed by atoms with E-state index in [1.165, 1.54) is 55.5 Å². The Labute approximate surface area is 268 Å². The Bertz CT molecular complexity index is 1620. The normalized spacial score (nSPS) is 17.5. The Kier molecular flexibility index (Phi) is 11.4. The van der Waals surface area contributed by atoms with Gasteiger partial charge in [0.25, 0.3) is 5.91 Å². The summed E-state index contributed by atoms with van der Waals surface area (Å²) in [4.78, 5) is 26.3. The minimum Gasteiger partial charge on any atom is -0.489 e. The molecule has 1 saturated heterocycles. The van der Waals surface area contributed by atoms with Crippen molar-refractivity contribution in [1.29, 1.82) is 0 Å². The summed E-state index contributed by atoms with van der Waals surface area (Å²) >= 11 is 0. The summed E-state index contributed by atoms with van der Waals surface area (Å²) in [5.41, 5.74) is 0.456. The summed E-state index contributed by atoms with van der Waals surface area (Å²) in [7, 11) is -3.46. The number of carbonyl (C=O) groups is 2. The number of ether oxygens (including phenoxy) is 2. The molecule has 0 aliphatic carbocycles. The number of hydrogen-bond donors (Lipinski definition) is 2. The summed E-state index contributed by atoms with van der Waals surface area (Å²) in [6.45, 7) is -1.65. The van der Waals surface area contributed by atoms with Gasteiger partial charge in [0.05, 0.1) is 41.4 Å². The third-order valence-corrected chi connectivity index (χ3v) is 9.46. The van der Waals surface area contributed by atoms with Crippen molar-refractivity contribution in [1.82, 2.24) is 5.32 Å². The van der Waals surface area contributed by atoms with Crippen LogP contribution in [0.5, 0.6) is 5.75 Å². The van der Waals surface area contributed by atoms with Crippen LogP contribution in [0.2, 0.25) is 0 Å². The molecule has 3 aromatic rings. The van der Waals surface area contributed by atoms with Gasteiger partial charge in [0.1, 0.15) is 11.9 Å². The fourth-order valence-electron chi connectivity index (χ4n) is 5.24. The van der Waals surface area contributed by atoms with E-state index in [1.54, 1.807) is 17.0 Å². The number of carbonyl (C=O) groups excluding carboxylic acids is 1. The van der Waals surface area contributed by atoms with E-state index in [0.29, 0.717) is 11.3 Å². The van der Waals surface area contributed by atoms with Gasteiger partial charge in [-0.3, -0.25) is 9.59 Å². The standard InChI is InChI=1S/C32H33F5N2O7S/c1-2-47(43,44)27-13-5-20(6-14-27)28(15-16-29(40)41)38-30(42)21-3-9-23(10-4-21)39-18-26(17-24(39)19-45-31(33)34)46-25-11-7-22(8-12-25)32(35,36)37/h3-14,24,26,28,31H,2,15-19H2,1H3,(H,38,42)(H,40,41)/t24-,26-,28-/m0/s1. The minimum absolute atomic E-state index is 0.0406. The van der Waals surface area contributed by atoms with Crippen LogP contribution in [0.25, 0.3) is 0 Å². The van der Waals surface area contributed by atoms with Crippen molar-refractivity contribution in [2.24, 2.45) is 0 Å². The first-order valence-electron chi connectivity index (χ1n) is 14.6. The van der Waals surface area contributed by atoms with Gasteiger partial charge < -0.3 is 24.8 Å². The molecule has 3 aromatic carbocycles. The van der Waals surface area contributed by atoms with Crippen LogP contribution >= 0.6 is 0 Å². The van der Waals surface area contributed by atoms with Gasteiger partial charge >= 0.3 is 18.8 Å². The fraction of sp³-hybridized carbons (Fsp3) is 0.375. The number of rotatable bonds is 14. The van der Waals surface area contributed by atoms with Crippen LogP contribution in [0.3, 0.4) is 0 Å². The number of anilines is 1. The molecule has 0 unspecified atom stereocenters. The topological polar surface area (TPSA) is 122 Å². The second-order valence-electron chi connectivity index (χ2n) is 10.9. The zero-order valence-electron chi connectivity index (χ0n) is 25.1. The molecular weight excluding hydrogens is 651 g/mol. The predicted octanol–water partition coefficient (Wildman–Crippen LogP) is 6.10. The maximum atomic E-state index is 13.2. The SMILES string of the molecule is CCS(=O)(=O)c1ccc([C@H](CCC(=O)O)NC(=O)c2ccc(N3C[C@@H](Oc4ccc(C(F)(F)F)cc4)C[C@H]3COC(F)F)cc2)cc1. The molecule has 1 amide bonds. The fourth-order valence-corrected chi connectivity index (χ4v) is 6.13. The molecular formula is C32H33F5N2O7S. The number of amides is 1. The molecule has 254 valence electrons. The highest BCUT2D eigenvalue weighted by molar-refractivity contribution is 7.91. The van der Waals surface area contributed by atoms with Crippen molar-refractivity contribution in [3.05, 3.63) is 89.5 Å². The van der Waals surface area contributed by atoms with E-state index in [4.69, 9.17) is 4.74 Å². The molecule has 4 rings (SSSR count). The number of carboxylic acid groups (broad SMARTS) is 1. The molecule has 0 aromatic heterocycles. The molecule has 3 atom stereocenters. The van der Waals surface area contributed by atoms with Gasteiger partial charge in [-0.25, -0.2) is 8.42 Å². The van der Waals surface area contributed by atoms with Crippen molar-refractivity contribution >= 4 is 27.4 Å². The van der Waals surface area contributed by atoms with Crippen LogP contribution in [-0.2, 0) is 25.5 Å². The van der Waals surface area contributed by atoms with Crippen molar-refractivity contribution in [2.45, 2.75) is 62.1 Å². The van der Waals surface area contributed by atoms with E-state index in [0.717, 1.165) is 12.1 Å². The van der Waals surface area contributed by atoms with E-state index in [1.807, 2.05) is 0 Å². The lowest BCUT2D eigenvalue weighted by molar-refractivity contribution is -0.138. The molecule has 47 heavy (non-hydrogen) atoms. The van der Waals surface area contributed by atoms with Gasteiger partial charge in [0, 0.05) is 24.1 Å². The number of halogens is 5. The Morgan fingerprint density at radius 2 is 1.64 bits per heavy atom. The third kappa shape index (κ3) is 9.64. The van der Waals surface area contributed by atoms with Crippen LogP contribution in [0, 0.1) is 0 Å². The molecule has 1 aliphatic heterocycles. The first kappa shape index (κ1) is 35.6. The van der Waals surface area contributed by atoms with E-state index in [2.05, 4.69) is 10.1 Å². The van der Waals surface area contributed by atoms with Crippen molar-refractivity contribution < 1.29 is 54.5 Å². The molecule has 9 nitrogen and oxygen atoms in total. The number of aliphatic carboxylic acids is 1. The smallest absolute Gasteiger partial charge is 0.416 e. The summed E-state index contributed by atoms with van der Waals surface area (Å²) in [6.07, 6.45) is -5.05. The molecule has 15 heteroatoms. The minimum atomic E-state index is -4.51. The first-order valence-corrected chi connectivity index (χ1v) is 16.3. The predicted molar refractivity (Wildman–Crippen MR) is 161 cm³/mol. The Hall–Kier alpha value is -4.24. The first-order chi connectivity index (χ1) is 22.2. The van der Waals surface area contributed by atoms with E-state index >= 15 is 0 Å². The summed E-state index contributed by atoms with van der Waals surface area (Å²) in [5.74, 6) is -1.51. The number of sulfone groups is 1. The van der Waals surface area contributed by atoms with Crippen molar-refractivity contribution in [3.63, 3.8) is 0 Å². The summed E-state index contributed by atoms with van der Waals surface area (Å²) in [5, 5.41) is 12.0. The molecule has 1 aliphatic rings. The maximum Gasteiger partial charge on any atom is 0.416 e. The van der Waals surface area contributed by atoms with Crippen LogP contribution in [0.15, 0.2) is 77.7 Å². The van der Waals surface area contributed by atoms with Gasteiger partial charge in [0.15, 0.2) is 9.84 Å². The van der Waals surface area contributed by atoms with E-state index < -0.39 is 58.3 Å². The second-order valence-corrected chi connectivity index (χ2v) is 13.2. The second kappa shape index (κ2) is 15.1. The zero-order valence-corrected chi connectivity index (χ0v) is 25.9. The van der Waals surface area contributed by atoms with Crippen LogP contribution in [0.4, 0.5) is 27.6 Å². The monoisotopic (exact) mass is 684 g/mol. The summed E-state index contributed by atoms with van der Waals surface area (Å²) < 4.78 is 99.3. The molecule has 0 saturated carbocycles. The van der Waals surface area contributed by atoms with E-state index in [-0.39, 0.29) is 54.4 Å². The summed E-state index contributed by atoms with van der Waals surface area (Å²) in [6, 6.07) is 14.9. The highest BCUT2D eigenvalue weighted by atomic mass is 32.2. The van der Waals surface area contributed by atoms with Gasteiger partial charge in [-0.05, 0) is 72.6 Å². The number of alkyl halides is 5. The van der Waals surface area contributed by atoms with Gasteiger partial charge in [-0.15, -0.1) is 0 Å². The van der Waals surface area contributed by atoms with Gasteiger partial charge in [0.2, 0.25) is 0 Å². The van der Waals surface area contributed by atoms with Gasteiger partial charge in [-0.1, -0.05) is 19.1 Å². The zero-order chi connectivity index (χ0) is 34.4. The van der Waals surface area contributed by atoms with Crippen LogP contribution < -0.4 is 15.0 Å². The molecule has 2 N–H and O–H groups in total. The lowest BCUT2D eigenvalue weighted by Gasteiger charge is -2.26. The third-order valence-electron chi connectivity index (χ3n) is 7.71. The highest BCUT2D eigenvalue weighted by Crippen LogP contribution is 2.33. The van der Waals surface area contributed by atoms with Crippen LogP contribution in [0.1, 0.15) is 53.7 Å². The highest BCUT2D eigenvalue weighted by Gasteiger charge is 2.35. The quantitative estimate of drug-likeness (QED) is 0.196. The number of nitrogens with zero attached hydrogens (tertiary/aromatic N) is 1. The molecule has 0 spiro atoms. The molecule has 1 fully saturated rings. The largest absolute Gasteiger partial charge is 0.489 e. The number of benzene rings is 3. The number of carboxylic acids is 1. The Morgan fingerprint density at radius 3 is 2.19 bits per heavy atom. The molecule has 0 radical (unpaired) electrons.